The average Bonchev–Trinajstić information content (AvgIpc) is 2.70. The fraction of sp³-hybridized carbons (Fsp3) is 0.846. The van der Waals surface area contributed by atoms with Crippen molar-refractivity contribution in [2.24, 2.45) is 17.8 Å². The molecule has 0 aromatic carbocycles. The molecule has 1 saturated carbocycles. The van der Waals surface area contributed by atoms with Gasteiger partial charge in [-0.15, -0.1) is 0 Å². The van der Waals surface area contributed by atoms with Gasteiger partial charge in [-0.25, -0.2) is 4.79 Å². The molecule has 2 unspecified atom stereocenters. The minimum absolute atomic E-state index is 0.213. The summed E-state index contributed by atoms with van der Waals surface area (Å²) in [5.41, 5.74) is -0.430. The zero-order valence-corrected chi connectivity index (χ0v) is 10.8. The fourth-order valence-electron chi connectivity index (χ4n) is 2.93. The summed E-state index contributed by atoms with van der Waals surface area (Å²) in [6.45, 7) is 7.15. The zero-order chi connectivity index (χ0) is 12.6. The molecule has 0 spiro atoms. The largest absolute Gasteiger partial charge is 0.444 e. The van der Waals surface area contributed by atoms with Crippen LogP contribution in [0.15, 0.2) is 0 Å². The van der Waals surface area contributed by atoms with Gasteiger partial charge in [0.2, 0.25) is 0 Å². The van der Waals surface area contributed by atoms with Crippen molar-refractivity contribution in [3.63, 3.8) is 0 Å². The lowest BCUT2D eigenvalue weighted by Gasteiger charge is -2.25. The number of ether oxygens (including phenoxy) is 1. The smallest absolute Gasteiger partial charge is 0.410 e. The second-order valence-corrected chi connectivity index (χ2v) is 6.27. The van der Waals surface area contributed by atoms with Crippen LogP contribution in [0.5, 0.6) is 0 Å². The maximum atomic E-state index is 11.9. The molecule has 1 aliphatic carbocycles. The lowest BCUT2D eigenvalue weighted by atomic mass is 10.0. The number of amides is 1. The van der Waals surface area contributed by atoms with E-state index < -0.39 is 5.60 Å². The highest BCUT2D eigenvalue weighted by Gasteiger charge is 2.43. The highest BCUT2D eigenvalue weighted by atomic mass is 16.6. The Kier molecular flexibility index (Phi) is 3.15. The van der Waals surface area contributed by atoms with E-state index in [1.54, 1.807) is 4.90 Å². The van der Waals surface area contributed by atoms with Crippen LogP contribution in [0.25, 0.3) is 0 Å². The summed E-state index contributed by atoms with van der Waals surface area (Å²) >= 11 is 0. The molecule has 4 nitrogen and oxygen atoms in total. The summed E-state index contributed by atoms with van der Waals surface area (Å²) in [7, 11) is 0. The topological polar surface area (TPSA) is 46.6 Å². The second kappa shape index (κ2) is 4.31. The third kappa shape index (κ3) is 2.79. The predicted molar refractivity (Wildman–Crippen MR) is 63.6 cm³/mol. The molecule has 2 fully saturated rings. The molecule has 2 aliphatic rings. The van der Waals surface area contributed by atoms with E-state index in [2.05, 4.69) is 0 Å². The van der Waals surface area contributed by atoms with Gasteiger partial charge in [0.05, 0.1) is 0 Å². The zero-order valence-electron chi connectivity index (χ0n) is 10.8. The van der Waals surface area contributed by atoms with E-state index in [4.69, 9.17) is 4.74 Å². The number of likely N-dealkylation sites (tertiary alicyclic amines) is 1. The standard InChI is InChI=1S/C13H21NO3/c1-13(2,3)17-12(16)14-6-10-4-9(8-15)5-11(10)7-14/h8-11H,4-7H2,1-3H3. The molecule has 4 heteroatoms. The Morgan fingerprint density at radius 2 is 1.76 bits per heavy atom. The van der Waals surface area contributed by atoms with E-state index in [0.29, 0.717) is 11.8 Å². The van der Waals surface area contributed by atoms with Crippen LogP contribution in [0.3, 0.4) is 0 Å². The minimum Gasteiger partial charge on any atom is -0.444 e. The number of carbonyl (C=O) groups is 2. The van der Waals surface area contributed by atoms with Gasteiger partial charge in [0.1, 0.15) is 11.9 Å². The first-order chi connectivity index (χ1) is 7.89. The SMILES string of the molecule is CC(C)(C)OC(=O)N1CC2CC(C=O)CC2C1. The number of rotatable bonds is 1. The Hall–Kier alpha value is -1.06. The first kappa shape index (κ1) is 12.4. The van der Waals surface area contributed by atoms with Gasteiger partial charge in [0, 0.05) is 19.0 Å². The highest BCUT2D eigenvalue weighted by Crippen LogP contribution is 2.40. The molecule has 1 amide bonds. The Balaban J connectivity index is 1.88. The third-order valence-corrected chi connectivity index (χ3v) is 3.63. The number of nitrogens with zero attached hydrogens (tertiary/aromatic N) is 1. The summed E-state index contributed by atoms with van der Waals surface area (Å²) in [6, 6.07) is 0. The molecule has 0 aromatic rings. The van der Waals surface area contributed by atoms with Crippen LogP contribution in [-0.2, 0) is 9.53 Å². The number of aldehydes is 1. The van der Waals surface area contributed by atoms with Crippen molar-refractivity contribution in [1.29, 1.82) is 0 Å². The van der Waals surface area contributed by atoms with Crippen LogP contribution < -0.4 is 0 Å². The van der Waals surface area contributed by atoms with E-state index in [-0.39, 0.29) is 12.0 Å². The second-order valence-electron chi connectivity index (χ2n) is 6.27. The predicted octanol–water partition coefficient (Wildman–Crippen LogP) is 2.08. The van der Waals surface area contributed by atoms with Gasteiger partial charge in [-0.3, -0.25) is 0 Å². The third-order valence-electron chi connectivity index (χ3n) is 3.63. The van der Waals surface area contributed by atoms with Crippen molar-refractivity contribution in [3.8, 4) is 0 Å². The lowest BCUT2D eigenvalue weighted by Crippen LogP contribution is -2.36. The molecule has 17 heavy (non-hydrogen) atoms. The van der Waals surface area contributed by atoms with Crippen molar-refractivity contribution in [2.75, 3.05) is 13.1 Å². The van der Waals surface area contributed by atoms with E-state index in [9.17, 15) is 9.59 Å². The number of hydrogen-bond donors (Lipinski definition) is 0. The number of carbonyl (C=O) groups excluding carboxylic acids is 2. The van der Waals surface area contributed by atoms with Gasteiger partial charge >= 0.3 is 6.09 Å². The van der Waals surface area contributed by atoms with Crippen LogP contribution in [-0.4, -0.2) is 36.0 Å². The van der Waals surface area contributed by atoms with Crippen LogP contribution >= 0.6 is 0 Å². The Morgan fingerprint density at radius 3 is 2.18 bits per heavy atom. The first-order valence-electron chi connectivity index (χ1n) is 6.32. The molecule has 0 N–H and O–H groups in total. The Morgan fingerprint density at radius 1 is 1.24 bits per heavy atom. The van der Waals surface area contributed by atoms with Crippen molar-refractivity contribution in [1.82, 2.24) is 4.90 Å². The van der Waals surface area contributed by atoms with Crippen molar-refractivity contribution in [2.45, 2.75) is 39.2 Å². The maximum Gasteiger partial charge on any atom is 0.410 e. The highest BCUT2D eigenvalue weighted by molar-refractivity contribution is 5.68. The van der Waals surface area contributed by atoms with E-state index in [1.165, 1.54) is 0 Å². The molecule has 0 aromatic heterocycles. The Labute approximate surface area is 102 Å². The van der Waals surface area contributed by atoms with Crippen molar-refractivity contribution in [3.05, 3.63) is 0 Å². The summed E-state index contributed by atoms with van der Waals surface area (Å²) in [5, 5.41) is 0. The molecule has 1 heterocycles. The molecule has 1 aliphatic heterocycles. The van der Waals surface area contributed by atoms with E-state index in [0.717, 1.165) is 32.2 Å². The van der Waals surface area contributed by atoms with Gasteiger partial charge < -0.3 is 14.4 Å². The monoisotopic (exact) mass is 239 g/mol. The normalized spacial score (nSPS) is 32.4. The van der Waals surface area contributed by atoms with Gasteiger partial charge in [0.15, 0.2) is 0 Å². The molecule has 2 atom stereocenters. The van der Waals surface area contributed by atoms with Crippen LogP contribution in [0.1, 0.15) is 33.6 Å². The number of hydrogen-bond acceptors (Lipinski definition) is 3. The molecule has 96 valence electrons. The average molecular weight is 239 g/mol. The molecule has 0 bridgehead atoms. The van der Waals surface area contributed by atoms with Gasteiger partial charge in [-0.05, 0) is 45.4 Å². The van der Waals surface area contributed by atoms with E-state index >= 15 is 0 Å². The van der Waals surface area contributed by atoms with Gasteiger partial charge in [-0.1, -0.05) is 0 Å². The molecular weight excluding hydrogens is 218 g/mol. The first-order valence-corrected chi connectivity index (χ1v) is 6.32. The Bertz CT molecular complexity index is 307. The quantitative estimate of drug-likeness (QED) is 0.658. The molecule has 0 radical (unpaired) electrons. The van der Waals surface area contributed by atoms with Crippen molar-refractivity contribution < 1.29 is 14.3 Å². The lowest BCUT2D eigenvalue weighted by molar-refractivity contribution is -0.111. The summed E-state index contributed by atoms with van der Waals surface area (Å²) in [4.78, 5) is 24.4. The molecular formula is C13H21NO3. The van der Waals surface area contributed by atoms with Gasteiger partial charge in [-0.2, -0.15) is 0 Å². The van der Waals surface area contributed by atoms with E-state index in [1.807, 2.05) is 20.8 Å². The fourth-order valence-corrected chi connectivity index (χ4v) is 2.93. The summed E-state index contributed by atoms with van der Waals surface area (Å²) in [5.74, 6) is 1.21. The van der Waals surface area contributed by atoms with Crippen LogP contribution in [0, 0.1) is 17.8 Å². The molecule has 2 rings (SSSR count). The van der Waals surface area contributed by atoms with Crippen LogP contribution in [0.2, 0.25) is 0 Å². The summed E-state index contributed by atoms with van der Waals surface area (Å²) < 4.78 is 5.36. The van der Waals surface area contributed by atoms with Gasteiger partial charge in [0.25, 0.3) is 0 Å². The minimum atomic E-state index is -0.430. The van der Waals surface area contributed by atoms with Crippen molar-refractivity contribution >= 4 is 12.4 Å². The molecule has 1 saturated heterocycles. The summed E-state index contributed by atoms with van der Waals surface area (Å²) in [6.07, 6.45) is 2.73. The maximum absolute atomic E-state index is 11.9. The number of fused-ring (bicyclic) bond motifs is 1. The van der Waals surface area contributed by atoms with Crippen LogP contribution in [0.4, 0.5) is 4.79 Å².